The maximum absolute atomic E-state index is 13.1. The molecule has 2 N–H and O–H groups in total. The number of aromatic nitrogens is 2. The van der Waals surface area contributed by atoms with Crippen molar-refractivity contribution in [3.8, 4) is 5.75 Å². The summed E-state index contributed by atoms with van der Waals surface area (Å²) in [7, 11) is 0. The van der Waals surface area contributed by atoms with Crippen LogP contribution in [0.25, 0.3) is 10.2 Å². The molecule has 2 heterocycles. The SMILES string of the molecule is CCCOc1ccccc1NC(=O)c1sc2nc(CSc3cc(C)ccc3C)[nH]c(=O)c2c1C. The first-order chi connectivity index (χ1) is 16.4. The highest BCUT2D eigenvalue weighted by molar-refractivity contribution is 7.98. The molecule has 1 amide bonds. The molecule has 0 radical (unpaired) electrons. The number of hydrogen-bond acceptors (Lipinski definition) is 6. The van der Waals surface area contributed by atoms with E-state index in [1.54, 1.807) is 24.8 Å². The fraction of sp³-hybridized carbons (Fsp3) is 0.269. The van der Waals surface area contributed by atoms with Crippen LogP contribution in [0, 0.1) is 20.8 Å². The maximum Gasteiger partial charge on any atom is 0.266 e. The molecule has 2 aromatic heterocycles. The second-order valence-corrected chi connectivity index (χ2v) is 10.1. The number of rotatable bonds is 8. The van der Waals surface area contributed by atoms with Crippen molar-refractivity contribution in [3.63, 3.8) is 0 Å². The van der Waals surface area contributed by atoms with E-state index in [2.05, 4.69) is 47.3 Å². The minimum atomic E-state index is -0.279. The first-order valence-electron chi connectivity index (χ1n) is 11.1. The molecule has 0 saturated carbocycles. The smallest absolute Gasteiger partial charge is 0.266 e. The lowest BCUT2D eigenvalue weighted by molar-refractivity contribution is 0.102. The van der Waals surface area contributed by atoms with Gasteiger partial charge in [0, 0.05) is 4.90 Å². The maximum atomic E-state index is 13.1. The van der Waals surface area contributed by atoms with E-state index in [-0.39, 0.29) is 11.5 Å². The van der Waals surface area contributed by atoms with Gasteiger partial charge in [0.05, 0.1) is 28.3 Å². The van der Waals surface area contributed by atoms with Crippen LogP contribution in [0.4, 0.5) is 5.69 Å². The fourth-order valence-electron chi connectivity index (χ4n) is 3.57. The third-order valence-electron chi connectivity index (χ3n) is 5.36. The molecule has 0 saturated heterocycles. The minimum absolute atomic E-state index is 0.221. The van der Waals surface area contributed by atoms with E-state index in [0.717, 1.165) is 11.3 Å². The normalized spacial score (nSPS) is 11.1. The van der Waals surface area contributed by atoms with Gasteiger partial charge in [-0.3, -0.25) is 9.59 Å². The predicted molar refractivity (Wildman–Crippen MR) is 141 cm³/mol. The second kappa shape index (κ2) is 10.4. The lowest BCUT2D eigenvalue weighted by Gasteiger charge is -2.11. The lowest BCUT2D eigenvalue weighted by atomic mass is 10.2. The van der Waals surface area contributed by atoms with Crippen LogP contribution >= 0.6 is 23.1 Å². The zero-order chi connectivity index (χ0) is 24.2. The Morgan fingerprint density at radius 2 is 1.97 bits per heavy atom. The fourth-order valence-corrected chi connectivity index (χ4v) is 5.66. The number of fused-ring (bicyclic) bond motifs is 1. The van der Waals surface area contributed by atoms with Gasteiger partial charge >= 0.3 is 0 Å². The van der Waals surface area contributed by atoms with Gasteiger partial charge in [0.2, 0.25) is 0 Å². The van der Waals surface area contributed by atoms with Crippen molar-refractivity contribution in [1.82, 2.24) is 9.97 Å². The molecule has 2 aromatic carbocycles. The molecule has 0 atom stereocenters. The number of aryl methyl sites for hydroxylation is 3. The number of para-hydroxylation sites is 2. The molecular weight excluding hydrogens is 466 g/mol. The van der Waals surface area contributed by atoms with Crippen molar-refractivity contribution >= 4 is 44.9 Å². The molecule has 0 unspecified atom stereocenters. The van der Waals surface area contributed by atoms with Crippen LogP contribution in [0.3, 0.4) is 0 Å². The van der Waals surface area contributed by atoms with Crippen LogP contribution in [-0.4, -0.2) is 22.5 Å². The Morgan fingerprint density at radius 3 is 2.76 bits per heavy atom. The number of thioether (sulfide) groups is 1. The number of benzene rings is 2. The van der Waals surface area contributed by atoms with Crippen LogP contribution in [0.1, 0.15) is 45.5 Å². The quantitative estimate of drug-likeness (QED) is 0.284. The van der Waals surface area contributed by atoms with E-state index in [1.165, 1.54) is 22.5 Å². The summed E-state index contributed by atoms with van der Waals surface area (Å²) in [4.78, 5) is 35.7. The monoisotopic (exact) mass is 493 g/mol. The summed E-state index contributed by atoms with van der Waals surface area (Å²) < 4.78 is 5.75. The topological polar surface area (TPSA) is 84.1 Å². The number of carbonyl (C=O) groups is 1. The number of H-pyrrole nitrogens is 1. The molecule has 8 heteroatoms. The van der Waals surface area contributed by atoms with Gasteiger partial charge in [0.25, 0.3) is 11.5 Å². The standard InChI is InChI=1S/C26H27N3O3S2/c1-5-12-32-19-9-7-6-8-18(19)27-25(31)23-17(4)22-24(30)28-21(29-26(22)34-23)14-33-20-13-15(2)10-11-16(20)3/h6-11,13H,5,12,14H2,1-4H3,(H,27,31)(H,28,29,30). The number of anilines is 1. The molecule has 6 nitrogen and oxygen atoms in total. The molecule has 0 fully saturated rings. The zero-order valence-corrected chi connectivity index (χ0v) is 21.3. The number of ether oxygens (including phenoxy) is 1. The molecular formula is C26H27N3O3S2. The van der Waals surface area contributed by atoms with Crippen LogP contribution in [-0.2, 0) is 5.75 Å². The molecule has 176 valence electrons. The third kappa shape index (κ3) is 5.18. The highest BCUT2D eigenvalue weighted by Crippen LogP contribution is 2.31. The van der Waals surface area contributed by atoms with Gasteiger partial charge in [-0.15, -0.1) is 23.1 Å². The summed E-state index contributed by atoms with van der Waals surface area (Å²) in [6.07, 6.45) is 0.871. The number of aromatic amines is 1. The van der Waals surface area contributed by atoms with E-state index < -0.39 is 0 Å². The van der Waals surface area contributed by atoms with E-state index >= 15 is 0 Å². The van der Waals surface area contributed by atoms with Crippen molar-refractivity contribution in [2.24, 2.45) is 0 Å². The minimum Gasteiger partial charge on any atom is -0.491 e. The van der Waals surface area contributed by atoms with E-state index in [4.69, 9.17) is 4.74 Å². The van der Waals surface area contributed by atoms with Crippen molar-refractivity contribution < 1.29 is 9.53 Å². The number of thiophene rings is 1. The summed E-state index contributed by atoms with van der Waals surface area (Å²) in [5.41, 5.74) is 3.39. The molecule has 4 aromatic rings. The largest absolute Gasteiger partial charge is 0.491 e. The highest BCUT2D eigenvalue weighted by Gasteiger charge is 2.20. The Balaban J connectivity index is 1.59. The average molecular weight is 494 g/mol. The molecule has 4 rings (SSSR count). The number of carbonyl (C=O) groups excluding carboxylic acids is 1. The number of amides is 1. The summed E-state index contributed by atoms with van der Waals surface area (Å²) in [5.74, 6) is 1.47. The van der Waals surface area contributed by atoms with Gasteiger partial charge in [-0.25, -0.2) is 4.98 Å². The Labute approximate surface area is 206 Å². The van der Waals surface area contributed by atoms with E-state index in [1.807, 2.05) is 25.1 Å². The summed E-state index contributed by atoms with van der Waals surface area (Å²) in [5, 5.41) is 3.40. The third-order valence-corrected chi connectivity index (χ3v) is 7.71. The van der Waals surface area contributed by atoms with Crippen LogP contribution < -0.4 is 15.6 Å². The summed E-state index contributed by atoms with van der Waals surface area (Å²) in [6.45, 7) is 8.51. The van der Waals surface area contributed by atoms with E-state index in [9.17, 15) is 9.59 Å². The Hall–Kier alpha value is -3.10. The molecule has 0 aliphatic rings. The predicted octanol–water partition coefficient (Wildman–Crippen LogP) is 6.24. The van der Waals surface area contributed by atoms with Gasteiger partial charge in [0.1, 0.15) is 16.4 Å². The Kier molecular flexibility index (Phi) is 7.38. The zero-order valence-electron chi connectivity index (χ0n) is 19.7. The Bertz CT molecular complexity index is 1410. The number of nitrogens with zero attached hydrogens (tertiary/aromatic N) is 1. The summed E-state index contributed by atoms with van der Waals surface area (Å²) in [6, 6.07) is 13.7. The van der Waals surface area contributed by atoms with Crippen molar-refractivity contribution in [2.75, 3.05) is 11.9 Å². The number of nitrogens with one attached hydrogen (secondary N) is 2. The van der Waals surface area contributed by atoms with Crippen molar-refractivity contribution in [3.05, 3.63) is 80.2 Å². The van der Waals surface area contributed by atoms with Crippen LogP contribution in [0.15, 0.2) is 52.2 Å². The molecule has 0 aliphatic carbocycles. The molecule has 0 aliphatic heterocycles. The van der Waals surface area contributed by atoms with Gasteiger partial charge in [-0.2, -0.15) is 0 Å². The first-order valence-corrected chi connectivity index (χ1v) is 12.9. The summed E-state index contributed by atoms with van der Waals surface area (Å²) >= 11 is 2.87. The highest BCUT2D eigenvalue weighted by atomic mass is 32.2. The lowest BCUT2D eigenvalue weighted by Crippen LogP contribution is -2.14. The van der Waals surface area contributed by atoms with E-state index in [0.29, 0.717) is 50.3 Å². The number of hydrogen-bond donors (Lipinski definition) is 2. The molecule has 0 spiro atoms. The van der Waals surface area contributed by atoms with Gasteiger partial charge < -0.3 is 15.0 Å². The van der Waals surface area contributed by atoms with Crippen LogP contribution in [0.5, 0.6) is 5.75 Å². The first kappa shape index (κ1) is 24.0. The van der Waals surface area contributed by atoms with Gasteiger partial charge in [-0.1, -0.05) is 36.8 Å². The molecule has 0 bridgehead atoms. The van der Waals surface area contributed by atoms with Crippen molar-refractivity contribution in [2.45, 2.75) is 44.8 Å². The van der Waals surface area contributed by atoms with Gasteiger partial charge in [0.15, 0.2) is 0 Å². The average Bonchev–Trinajstić information content (AvgIpc) is 3.16. The van der Waals surface area contributed by atoms with Crippen molar-refractivity contribution in [1.29, 1.82) is 0 Å². The van der Waals surface area contributed by atoms with Crippen LogP contribution in [0.2, 0.25) is 0 Å². The Morgan fingerprint density at radius 1 is 1.18 bits per heavy atom. The second-order valence-electron chi connectivity index (χ2n) is 8.11. The van der Waals surface area contributed by atoms with Gasteiger partial charge in [-0.05, 0) is 56.5 Å². The molecule has 34 heavy (non-hydrogen) atoms.